The van der Waals surface area contributed by atoms with E-state index in [2.05, 4.69) is 10.3 Å². The molecule has 0 spiro atoms. The van der Waals surface area contributed by atoms with Crippen molar-refractivity contribution < 1.29 is 4.39 Å². The van der Waals surface area contributed by atoms with Crippen LogP contribution in [-0.2, 0) is 6.54 Å². The highest BCUT2D eigenvalue weighted by Crippen LogP contribution is 2.23. The Morgan fingerprint density at radius 3 is 2.94 bits per heavy atom. The zero-order chi connectivity index (χ0) is 11.4. The lowest BCUT2D eigenvalue weighted by Gasteiger charge is -2.27. The number of nitrogens with zero attached hydrogens (tertiary/aromatic N) is 1. The Labute approximate surface area is 100 Å². The van der Waals surface area contributed by atoms with Crippen LogP contribution < -0.4 is 5.32 Å². The van der Waals surface area contributed by atoms with Gasteiger partial charge in [-0.1, -0.05) is 12.8 Å². The smallest absolute Gasteiger partial charge is 0.141 e. The maximum atomic E-state index is 12.9. The Morgan fingerprint density at radius 1 is 1.38 bits per heavy atom. The summed E-state index contributed by atoms with van der Waals surface area (Å²) in [5, 5.41) is 3.58. The summed E-state index contributed by atoms with van der Waals surface area (Å²) in [6, 6.07) is 1.85. The van der Waals surface area contributed by atoms with Crippen molar-refractivity contribution in [2.24, 2.45) is 0 Å². The van der Waals surface area contributed by atoms with Gasteiger partial charge < -0.3 is 5.32 Å². The summed E-state index contributed by atoms with van der Waals surface area (Å²) in [6.45, 7) is 0.638. The third-order valence-corrected chi connectivity index (χ3v) is 3.53. The molecule has 2 atom stereocenters. The van der Waals surface area contributed by atoms with Crippen LogP contribution in [0.3, 0.4) is 0 Å². The predicted molar refractivity (Wildman–Crippen MR) is 62.9 cm³/mol. The number of alkyl halides is 1. The molecule has 0 saturated heterocycles. The van der Waals surface area contributed by atoms with E-state index >= 15 is 0 Å². The molecule has 2 unspecified atom stereocenters. The van der Waals surface area contributed by atoms with E-state index in [0.717, 1.165) is 18.4 Å². The molecule has 1 aromatic rings. The summed E-state index contributed by atoms with van der Waals surface area (Å²) in [5.74, 6) is -0.287. The maximum absolute atomic E-state index is 12.9. The van der Waals surface area contributed by atoms with Gasteiger partial charge in [-0.05, 0) is 24.5 Å². The summed E-state index contributed by atoms with van der Waals surface area (Å²) in [5.41, 5.74) is 0.870. The fourth-order valence-corrected chi connectivity index (χ4v) is 2.49. The maximum Gasteiger partial charge on any atom is 0.141 e. The predicted octanol–water partition coefficient (Wildman–Crippen LogP) is 2.86. The second-order valence-corrected chi connectivity index (χ2v) is 4.86. The standard InChI is InChI=1S/C12H16ClFN2/c13-11-3-1-2-4-12(11)16-7-9-5-10(14)8-15-6-9/h5-6,8,11-12,16H,1-4,7H2. The molecule has 0 aliphatic heterocycles. The summed E-state index contributed by atoms with van der Waals surface area (Å²) in [4.78, 5) is 3.82. The van der Waals surface area contributed by atoms with Crippen molar-refractivity contribution >= 4 is 11.6 Å². The molecule has 88 valence electrons. The normalized spacial score (nSPS) is 25.6. The van der Waals surface area contributed by atoms with Crippen LogP contribution in [0, 0.1) is 5.82 Å². The van der Waals surface area contributed by atoms with Crippen LogP contribution in [0.15, 0.2) is 18.5 Å². The quantitative estimate of drug-likeness (QED) is 0.825. The number of nitrogens with one attached hydrogen (secondary N) is 1. The monoisotopic (exact) mass is 242 g/mol. The highest BCUT2D eigenvalue weighted by atomic mass is 35.5. The number of hydrogen-bond donors (Lipinski definition) is 1. The summed E-state index contributed by atoms with van der Waals surface area (Å²) < 4.78 is 12.9. The molecule has 0 radical (unpaired) electrons. The van der Waals surface area contributed by atoms with E-state index in [0.29, 0.717) is 12.6 Å². The van der Waals surface area contributed by atoms with E-state index in [1.54, 1.807) is 6.20 Å². The third kappa shape index (κ3) is 3.16. The summed E-state index contributed by atoms with van der Waals surface area (Å²) >= 11 is 6.23. The van der Waals surface area contributed by atoms with Gasteiger partial charge in [-0.2, -0.15) is 0 Å². The van der Waals surface area contributed by atoms with Gasteiger partial charge in [-0.15, -0.1) is 11.6 Å². The van der Waals surface area contributed by atoms with Gasteiger partial charge in [-0.3, -0.25) is 4.98 Å². The fraction of sp³-hybridized carbons (Fsp3) is 0.583. The Bertz CT molecular complexity index is 346. The lowest BCUT2D eigenvalue weighted by atomic mass is 9.95. The second-order valence-electron chi connectivity index (χ2n) is 4.30. The van der Waals surface area contributed by atoms with E-state index in [4.69, 9.17) is 11.6 Å². The Hall–Kier alpha value is -0.670. The number of rotatable bonds is 3. The Kier molecular flexibility index (Phi) is 4.13. The largest absolute Gasteiger partial charge is 0.308 e. The number of hydrogen-bond acceptors (Lipinski definition) is 2. The molecule has 1 aliphatic carbocycles. The van der Waals surface area contributed by atoms with Crippen LogP contribution in [0.4, 0.5) is 4.39 Å². The van der Waals surface area contributed by atoms with E-state index in [1.807, 2.05) is 0 Å². The number of aromatic nitrogens is 1. The zero-order valence-corrected chi connectivity index (χ0v) is 9.88. The molecule has 16 heavy (non-hydrogen) atoms. The Balaban J connectivity index is 1.86. The molecule has 1 N–H and O–H groups in total. The highest BCUT2D eigenvalue weighted by Gasteiger charge is 2.22. The van der Waals surface area contributed by atoms with Gasteiger partial charge in [-0.25, -0.2) is 4.39 Å². The van der Waals surface area contributed by atoms with Gasteiger partial charge in [0.05, 0.1) is 6.20 Å². The van der Waals surface area contributed by atoms with Gasteiger partial charge in [0.1, 0.15) is 5.82 Å². The minimum absolute atomic E-state index is 0.204. The summed E-state index contributed by atoms with van der Waals surface area (Å²) in [6.07, 6.45) is 7.52. The summed E-state index contributed by atoms with van der Waals surface area (Å²) in [7, 11) is 0. The van der Waals surface area contributed by atoms with Crippen LogP contribution in [-0.4, -0.2) is 16.4 Å². The second kappa shape index (κ2) is 5.60. The van der Waals surface area contributed by atoms with E-state index in [1.165, 1.54) is 25.1 Å². The molecular weight excluding hydrogens is 227 g/mol. The SMILES string of the molecule is Fc1cncc(CNC2CCCCC2Cl)c1. The van der Waals surface area contributed by atoms with Crippen molar-refractivity contribution in [2.75, 3.05) is 0 Å². The lowest BCUT2D eigenvalue weighted by molar-refractivity contribution is 0.378. The first-order chi connectivity index (χ1) is 7.75. The molecule has 1 fully saturated rings. The first-order valence-electron chi connectivity index (χ1n) is 5.72. The van der Waals surface area contributed by atoms with Crippen molar-refractivity contribution in [1.82, 2.24) is 10.3 Å². The van der Waals surface area contributed by atoms with E-state index in [-0.39, 0.29) is 11.2 Å². The van der Waals surface area contributed by atoms with Gasteiger partial charge in [0.15, 0.2) is 0 Å². The molecule has 4 heteroatoms. The van der Waals surface area contributed by atoms with Crippen LogP contribution in [0.1, 0.15) is 31.2 Å². The fourth-order valence-electron chi connectivity index (χ4n) is 2.12. The van der Waals surface area contributed by atoms with Crippen molar-refractivity contribution in [3.8, 4) is 0 Å². The molecule has 1 saturated carbocycles. The molecule has 0 amide bonds. The molecule has 0 aromatic carbocycles. The minimum atomic E-state index is -0.287. The molecule has 2 rings (SSSR count). The number of pyridine rings is 1. The zero-order valence-electron chi connectivity index (χ0n) is 9.13. The third-order valence-electron chi connectivity index (χ3n) is 3.01. The van der Waals surface area contributed by atoms with Crippen LogP contribution >= 0.6 is 11.6 Å². The van der Waals surface area contributed by atoms with Gasteiger partial charge in [0.2, 0.25) is 0 Å². The highest BCUT2D eigenvalue weighted by molar-refractivity contribution is 6.21. The van der Waals surface area contributed by atoms with E-state index < -0.39 is 0 Å². The van der Waals surface area contributed by atoms with Gasteiger partial charge in [0.25, 0.3) is 0 Å². The van der Waals surface area contributed by atoms with Crippen molar-refractivity contribution in [3.63, 3.8) is 0 Å². The first kappa shape index (κ1) is 11.8. The van der Waals surface area contributed by atoms with E-state index in [9.17, 15) is 4.39 Å². The Morgan fingerprint density at radius 2 is 2.19 bits per heavy atom. The molecule has 0 bridgehead atoms. The first-order valence-corrected chi connectivity index (χ1v) is 6.16. The minimum Gasteiger partial charge on any atom is -0.308 e. The van der Waals surface area contributed by atoms with Crippen molar-refractivity contribution in [1.29, 1.82) is 0 Å². The lowest BCUT2D eigenvalue weighted by Crippen LogP contribution is -2.38. The average Bonchev–Trinajstić information content (AvgIpc) is 2.28. The topological polar surface area (TPSA) is 24.9 Å². The average molecular weight is 243 g/mol. The number of halogens is 2. The van der Waals surface area contributed by atoms with Crippen LogP contribution in [0.25, 0.3) is 0 Å². The molecular formula is C12H16ClFN2. The molecule has 1 heterocycles. The van der Waals surface area contributed by atoms with Crippen LogP contribution in [0.5, 0.6) is 0 Å². The van der Waals surface area contributed by atoms with Crippen molar-refractivity contribution in [3.05, 3.63) is 29.8 Å². The molecule has 1 aliphatic rings. The van der Waals surface area contributed by atoms with Gasteiger partial charge in [0, 0.05) is 24.2 Å². The van der Waals surface area contributed by atoms with Gasteiger partial charge >= 0.3 is 0 Å². The molecule has 1 aromatic heterocycles. The van der Waals surface area contributed by atoms with Crippen LogP contribution in [0.2, 0.25) is 0 Å². The molecule has 2 nitrogen and oxygen atoms in total. The van der Waals surface area contributed by atoms with Crippen molar-refractivity contribution in [2.45, 2.75) is 43.6 Å².